The Bertz CT molecular complexity index is 344. The molecule has 3 nitrogen and oxygen atoms in total. The van der Waals surface area contributed by atoms with Crippen LogP contribution in [0, 0.1) is 0 Å². The summed E-state index contributed by atoms with van der Waals surface area (Å²) >= 11 is 0. The minimum absolute atomic E-state index is 0.225. The molecule has 1 rings (SSSR count). The van der Waals surface area contributed by atoms with Crippen LogP contribution in [0.3, 0.4) is 0 Å². The fourth-order valence-electron chi connectivity index (χ4n) is 1.38. The summed E-state index contributed by atoms with van der Waals surface area (Å²) in [6, 6.07) is 10.0. The molecule has 0 aromatic heterocycles. The fraction of sp³-hybridized carbons (Fsp3) is 0.357. The van der Waals surface area contributed by atoms with E-state index in [0.29, 0.717) is 19.6 Å². The molecule has 0 radical (unpaired) electrons. The lowest BCUT2D eigenvalue weighted by Crippen LogP contribution is -1.98. The largest absolute Gasteiger partial charge is 0.481 e. The highest BCUT2D eigenvalue weighted by Crippen LogP contribution is 2.01. The Labute approximate surface area is 102 Å². The van der Waals surface area contributed by atoms with Crippen LogP contribution in [0.2, 0.25) is 0 Å². The van der Waals surface area contributed by atoms with Gasteiger partial charge in [0.15, 0.2) is 0 Å². The SMILES string of the molecule is O=C(O)CCCCOC/C=C/c1ccccc1. The van der Waals surface area contributed by atoms with Gasteiger partial charge in [0.05, 0.1) is 6.61 Å². The molecule has 0 saturated carbocycles. The molecule has 0 heterocycles. The van der Waals surface area contributed by atoms with E-state index in [2.05, 4.69) is 0 Å². The second kappa shape index (κ2) is 8.53. The van der Waals surface area contributed by atoms with Gasteiger partial charge in [-0.2, -0.15) is 0 Å². The fourth-order valence-corrected chi connectivity index (χ4v) is 1.38. The maximum Gasteiger partial charge on any atom is 0.303 e. The van der Waals surface area contributed by atoms with Crippen LogP contribution in [0.25, 0.3) is 6.08 Å². The lowest BCUT2D eigenvalue weighted by molar-refractivity contribution is -0.137. The molecule has 0 saturated heterocycles. The van der Waals surface area contributed by atoms with Crippen molar-refractivity contribution >= 4 is 12.0 Å². The van der Waals surface area contributed by atoms with Crippen LogP contribution in [0.15, 0.2) is 36.4 Å². The second-order valence-corrected chi connectivity index (χ2v) is 3.74. The number of carbonyl (C=O) groups is 1. The molecule has 0 spiro atoms. The maximum atomic E-state index is 10.2. The summed E-state index contributed by atoms with van der Waals surface area (Å²) in [6.45, 7) is 1.19. The first kappa shape index (κ1) is 13.5. The molecule has 0 atom stereocenters. The summed E-state index contributed by atoms with van der Waals surface area (Å²) in [7, 11) is 0. The third-order valence-corrected chi connectivity index (χ3v) is 2.25. The van der Waals surface area contributed by atoms with Crippen molar-refractivity contribution in [2.45, 2.75) is 19.3 Å². The zero-order valence-electron chi connectivity index (χ0n) is 9.84. The highest BCUT2D eigenvalue weighted by molar-refractivity contribution is 5.66. The molecule has 0 amide bonds. The molecule has 0 fully saturated rings. The summed E-state index contributed by atoms with van der Waals surface area (Å²) in [6.07, 6.45) is 5.68. The standard InChI is InChI=1S/C14H18O3/c15-14(16)10-4-5-11-17-12-6-9-13-7-2-1-3-8-13/h1-3,6-9H,4-5,10-12H2,(H,15,16)/b9-6+. The summed E-state index contributed by atoms with van der Waals surface area (Å²) in [5.74, 6) is -0.742. The van der Waals surface area contributed by atoms with Crippen molar-refractivity contribution in [3.63, 3.8) is 0 Å². The average Bonchev–Trinajstić information content (AvgIpc) is 2.33. The van der Waals surface area contributed by atoms with Crippen LogP contribution in [0.5, 0.6) is 0 Å². The molecule has 0 aliphatic rings. The van der Waals surface area contributed by atoms with Gasteiger partial charge >= 0.3 is 5.97 Å². The van der Waals surface area contributed by atoms with Gasteiger partial charge in [-0.15, -0.1) is 0 Å². The second-order valence-electron chi connectivity index (χ2n) is 3.74. The van der Waals surface area contributed by atoms with Crippen molar-refractivity contribution in [2.75, 3.05) is 13.2 Å². The molecule has 3 heteroatoms. The van der Waals surface area contributed by atoms with E-state index in [0.717, 1.165) is 12.0 Å². The van der Waals surface area contributed by atoms with Crippen LogP contribution in [-0.4, -0.2) is 24.3 Å². The predicted octanol–water partition coefficient (Wildman–Crippen LogP) is 2.97. The van der Waals surface area contributed by atoms with Gasteiger partial charge in [0.25, 0.3) is 0 Å². The van der Waals surface area contributed by atoms with E-state index in [9.17, 15) is 4.79 Å². The summed E-state index contributed by atoms with van der Waals surface area (Å²) in [5, 5.41) is 8.43. The third-order valence-electron chi connectivity index (χ3n) is 2.25. The minimum atomic E-state index is -0.742. The zero-order valence-corrected chi connectivity index (χ0v) is 9.84. The van der Waals surface area contributed by atoms with Gasteiger partial charge in [-0.05, 0) is 18.4 Å². The quantitative estimate of drug-likeness (QED) is 0.703. The lowest BCUT2D eigenvalue weighted by atomic mass is 10.2. The van der Waals surface area contributed by atoms with Crippen LogP contribution in [0.1, 0.15) is 24.8 Å². The first-order valence-electron chi connectivity index (χ1n) is 5.80. The number of aliphatic carboxylic acids is 1. The third kappa shape index (κ3) is 7.30. The molecule has 1 aromatic rings. The predicted molar refractivity (Wildman–Crippen MR) is 67.8 cm³/mol. The van der Waals surface area contributed by atoms with E-state index in [1.54, 1.807) is 0 Å². The van der Waals surface area contributed by atoms with Crippen molar-refractivity contribution in [2.24, 2.45) is 0 Å². The van der Waals surface area contributed by atoms with Gasteiger partial charge in [-0.25, -0.2) is 0 Å². The average molecular weight is 234 g/mol. The molecule has 1 aromatic carbocycles. The number of unbranched alkanes of at least 4 members (excludes halogenated alkanes) is 1. The maximum absolute atomic E-state index is 10.2. The number of benzene rings is 1. The van der Waals surface area contributed by atoms with Crippen molar-refractivity contribution in [3.05, 3.63) is 42.0 Å². The Hall–Kier alpha value is -1.61. The number of carboxylic acid groups (broad SMARTS) is 1. The van der Waals surface area contributed by atoms with Crippen LogP contribution in [-0.2, 0) is 9.53 Å². The van der Waals surface area contributed by atoms with E-state index < -0.39 is 5.97 Å². The van der Waals surface area contributed by atoms with E-state index >= 15 is 0 Å². The normalized spacial score (nSPS) is 10.8. The Morgan fingerprint density at radius 1 is 1.24 bits per heavy atom. The van der Waals surface area contributed by atoms with E-state index in [1.165, 1.54) is 0 Å². The zero-order chi connectivity index (χ0) is 12.3. The molecule has 17 heavy (non-hydrogen) atoms. The van der Waals surface area contributed by atoms with Crippen molar-refractivity contribution in [1.29, 1.82) is 0 Å². The summed E-state index contributed by atoms with van der Waals surface area (Å²) < 4.78 is 5.36. The van der Waals surface area contributed by atoms with E-state index in [1.807, 2.05) is 42.5 Å². The van der Waals surface area contributed by atoms with E-state index in [-0.39, 0.29) is 6.42 Å². The van der Waals surface area contributed by atoms with Gasteiger partial charge < -0.3 is 9.84 Å². The topological polar surface area (TPSA) is 46.5 Å². The molecular weight excluding hydrogens is 216 g/mol. The van der Waals surface area contributed by atoms with Gasteiger partial charge in [0, 0.05) is 13.0 Å². The Balaban J connectivity index is 2.01. The molecular formula is C14H18O3. The summed E-state index contributed by atoms with van der Waals surface area (Å²) in [5.41, 5.74) is 1.15. The number of rotatable bonds is 8. The Morgan fingerprint density at radius 2 is 2.00 bits per heavy atom. The minimum Gasteiger partial charge on any atom is -0.481 e. The molecule has 0 unspecified atom stereocenters. The first-order valence-corrected chi connectivity index (χ1v) is 5.80. The summed E-state index contributed by atoms with van der Waals surface area (Å²) in [4.78, 5) is 10.2. The van der Waals surface area contributed by atoms with Crippen LogP contribution >= 0.6 is 0 Å². The van der Waals surface area contributed by atoms with E-state index in [4.69, 9.17) is 9.84 Å². The van der Waals surface area contributed by atoms with Gasteiger partial charge in [-0.1, -0.05) is 42.5 Å². The van der Waals surface area contributed by atoms with Gasteiger partial charge in [-0.3, -0.25) is 4.79 Å². The lowest BCUT2D eigenvalue weighted by Gasteiger charge is -1.99. The van der Waals surface area contributed by atoms with Crippen LogP contribution in [0.4, 0.5) is 0 Å². The Morgan fingerprint density at radius 3 is 2.71 bits per heavy atom. The van der Waals surface area contributed by atoms with Gasteiger partial charge in [0.2, 0.25) is 0 Å². The molecule has 92 valence electrons. The van der Waals surface area contributed by atoms with Crippen molar-refractivity contribution in [1.82, 2.24) is 0 Å². The Kier molecular flexibility index (Phi) is 6.75. The highest BCUT2D eigenvalue weighted by atomic mass is 16.5. The van der Waals surface area contributed by atoms with Crippen molar-refractivity contribution < 1.29 is 14.6 Å². The molecule has 0 aliphatic heterocycles. The van der Waals surface area contributed by atoms with Crippen LogP contribution < -0.4 is 0 Å². The molecule has 1 N–H and O–H groups in total. The molecule has 0 bridgehead atoms. The first-order chi connectivity index (χ1) is 8.29. The monoisotopic (exact) mass is 234 g/mol. The smallest absolute Gasteiger partial charge is 0.303 e. The van der Waals surface area contributed by atoms with Gasteiger partial charge in [0.1, 0.15) is 0 Å². The number of carboxylic acids is 1. The number of hydrogen-bond acceptors (Lipinski definition) is 2. The van der Waals surface area contributed by atoms with Crippen molar-refractivity contribution in [3.8, 4) is 0 Å². The molecule has 0 aliphatic carbocycles. The number of hydrogen-bond donors (Lipinski definition) is 1. The number of ether oxygens (including phenoxy) is 1. The highest BCUT2D eigenvalue weighted by Gasteiger charge is 1.95.